The van der Waals surface area contributed by atoms with Crippen LogP contribution in [0, 0.1) is 0 Å². The van der Waals surface area contributed by atoms with Crippen LogP contribution in [0.15, 0.2) is 12.3 Å². The minimum absolute atomic E-state index is 0.176. The van der Waals surface area contributed by atoms with E-state index in [1.807, 2.05) is 0 Å². The highest BCUT2D eigenvalue weighted by molar-refractivity contribution is 5.92. The number of hydrogen-bond acceptors (Lipinski definition) is 4. The second kappa shape index (κ2) is 5.47. The van der Waals surface area contributed by atoms with Crippen LogP contribution in [0.4, 0.5) is 0 Å². The average Bonchev–Trinajstić information content (AvgIpc) is 2.64. The summed E-state index contributed by atoms with van der Waals surface area (Å²) in [6.07, 6.45) is 1.71. The Morgan fingerprint density at radius 3 is 3.00 bits per heavy atom. The molecule has 1 unspecified atom stereocenters. The second-order valence-corrected chi connectivity index (χ2v) is 3.24. The van der Waals surface area contributed by atoms with Crippen molar-refractivity contribution >= 4 is 5.91 Å². The molecule has 0 fully saturated rings. The number of carbonyl (C=O) groups excluding carboxylic acids is 1. The van der Waals surface area contributed by atoms with Crippen LogP contribution >= 0.6 is 0 Å². The van der Waals surface area contributed by atoms with Crippen molar-refractivity contribution in [1.29, 1.82) is 0 Å². The Morgan fingerprint density at radius 1 is 1.80 bits per heavy atom. The third kappa shape index (κ3) is 3.34. The maximum atomic E-state index is 11.6. The van der Waals surface area contributed by atoms with Crippen LogP contribution in [0.2, 0.25) is 0 Å². The number of rotatable bonds is 5. The number of aromatic nitrogens is 2. The van der Waals surface area contributed by atoms with Gasteiger partial charge < -0.3 is 15.8 Å². The molecule has 0 radical (unpaired) electrons. The van der Waals surface area contributed by atoms with Crippen LogP contribution in [0.3, 0.4) is 0 Å². The molecule has 0 aromatic carbocycles. The topological polar surface area (TPSA) is 82.2 Å². The summed E-state index contributed by atoms with van der Waals surface area (Å²) >= 11 is 0. The highest BCUT2D eigenvalue weighted by Gasteiger charge is 2.13. The molecule has 1 amide bonds. The molecule has 6 heteroatoms. The number of nitrogens with zero attached hydrogens (tertiary/aromatic N) is 2. The first-order valence-corrected chi connectivity index (χ1v) is 4.67. The van der Waals surface area contributed by atoms with Gasteiger partial charge >= 0.3 is 0 Å². The first-order valence-electron chi connectivity index (χ1n) is 4.67. The van der Waals surface area contributed by atoms with Crippen molar-refractivity contribution in [1.82, 2.24) is 15.1 Å². The maximum Gasteiger partial charge on any atom is 0.272 e. The standard InChI is InChI=1S/C9H16N4O2/c1-13-4-3-8(12-13)9(14)11-7(5-10)6-15-2/h3-4,7H,5-6,10H2,1-2H3,(H,11,14). The van der Waals surface area contributed by atoms with Gasteiger partial charge in [0.05, 0.1) is 12.6 Å². The minimum atomic E-state index is -0.233. The highest BCUT2D eigenvalue weighted by atomic mass is 16.5. The van der Waals surface area contributed by atoms with Gasteiger partial charge in [0, 0.05) is 26.9 Å². The number of methoxy groups -OCH3 is 1. The van der Waals surface area contributed by atoms with Crippen molar-refractivity contribution in [3.05, 3.63) is 18.0 Å². The fraction of sp³-hybridized carbons (Fsp3) is 0.556. The molecule has 0 aliphatic carbocycles. The number of hydrogen-bond donors (Lipinski definition) is 2. The zero-order valence-corrected chi connectivity index (χ0v) is 8.93. The summed E-state index contributed by atoms with van der Waals surface area (Å²) in [6.45, 7) is 0.738. The molecule has 0 aliphatic heterocycles. The van der Waals surface area contributed by atoms with Crippen molar-refractivity contribution in [3.8, 4) is 0 Å². The van der Waals surface area contributed by atoms with Gasteiger partial charge in [-0.05, 0) is 6.07 Å². The van der Waals surface area contributed by atoms with E-state index in [2.05, 4.69) is 10.4 Å². The van der Waals surface area contributed by atoms with Gasteiger partial charge in [-0.2, -0.15) is 5.10 Å². The zero-order valence-electron chi connectivity index (χ0n) is 8.93. The van der Waals surface area contributed by atoms with E-state index in [4.69, 9.17) is 10.5 Å². The zero-order chi connectivity index (χ0) is 11.3. The molecule has 1 atom stereocenters. The number of nitrogens with two attached hydrogens (primary N) is 1. The average molecular weight is 212 g/mol. The number of carbonyl (C=O) groups is 1. The summed E-state index contributed by atoms with van der Waals surface area (Å²) in [5.74, 6) is -0.233. The van der Waals surface area contributed by atoms with Gasteiger partial charge in [0.25, 0.3) is 5.91 Å². The minimum Gasteiger partial charge on any atom is -0.383 e. The first-order chi connectivity index (χ1) is 7.17. The van der Waals surface area contributed by atoms with Gasteiger partial charge in [-0.1, -0.05) is 0 Å². The van der Waals surface area contributed by atoms with E-state index in [0.717, 1.165) is 0 Å². The van der Waals surface area contributed by atoms with Crippen LogP contribution in [0.5, 0.6) is 0 Å². The third-order valence-corrected chi connectivity index (χ3v) is 1.93. The van der Waals surface area contributed by atoms with Crippen LogP contribution in [0.25, 0.3) is 0 Å². The van der Waals surface area contributed by atoms with E-state index in [0.29, 0.717) is 18.8 Å². The maximum absolute atomic E-state index is 11.6. The Bertz CT molecular complexity index is 324. The van der Waals surface area contributed by atoms with Crippen molar-refractivity contribution in [3.63, 3.8) is 0 Å². The quantitative estimate of drug-likeness (QED) is 0.664. The van der Waals surface area contributed by atoms with E-state index in [9.17, 15) is 4.79 Å². The van der Waals surface area contributed by atoms with Crippen molar-refractivity contribution < 1.29 is 9.53 Å². The molecule has 1 heterocycles. The monoisotopic (exact) mass is 212 g/mol. The van der Waals surface area contributed by atoms with Gasteiger partial charge in [-0.15, -0.1) is 0 Å². The molecule has 84 valence electrons. The number of ether oxygens (including phenoxy) is 1. The summed E-state index contributed by atoms with van der Waals surface area (Å²) in [4.78, 5) is 11.6. The lowest BCUT2D eigenvalue weighted by Gasteiger charge is -2.14. The molecule has 0 bridgehead atoms. The highest BCUT2D eigenvalue weighted by Crippen LogP contribution is 1.95. The van der Waals surface area contributed by atoms with Gasteiger partial charge in [0.15, 0.2) is 0 Å². The lowest BCUT2D eigenvalue weighted by Crippen LogP contribution is -2.43. The van der Waals surface area contributed by atoms with E-state index in [-0.39, 0.29) is 11.9 Å². The number of aryl methyl sites for hydroxylation is 1. The van der Waals surface area contributed by atoms with E-state index in [1.165, 1.54) is 0 Å². The molecule has 6 nitrogen and oxygen atoms in total. The Morgan fingerprint density at radius 2 is 2.53 bits per heavy atom. The van der Waals surface area contributed by atoms with Crippen LogP contribution in [-0.4, -0.2) is 42.0 Å². The van der Waals surface area contributed by atoms with E-state index < -0.39 is 0 Å². The summed E-state index contributed by atoms with van der Waals surface area (Å²) in [5.41, 5.74) is 5.85. The normalized spacial score (nSPS) is 12.5. The fourth-order valence-electron chi connectivity index (χ4n) is 1.17. The fourth-order valence-corrected chi connectivity index (χ4v) is 1.17. The molecule has 0 saturated heterocycles. The summed E-state index contributed by atoms with van der Waals surface area (Å²) in [5, 5.41) is 6.71. The van der Waals surface area contributed by atoms with Crippen molar-refractivity contribution in [2.75, 3.05) is 20.3 Å². The van der Waals surface area contributed by atoms with Crippen LogP contribution < -0.4 is 11.1 Å². The summed E-state index contributed by atoms with van der Waals surface area (Å²) < 4.78 is 6.49. The Balaban J connectivity index is 2.54. The lowest BCUT2D eigenvalue weighted by molar-refractivity contribution is 0.0895. The lowest BCUT2D eigenvalue weighted by atomic mass is 10.3. The Kier molecular flexibility index (Phi) is 4.26. The van der Waals surface area contributed by atoms with Gasteiger partial charge in [-0.25, -0.2) is 0 Å². The smallest absolute Gasteiger partial charge is 0.272 e. The second-order valence-electron chi connectivity index (χ2n) is 3.24. The number of amides is 1. The Hall–Kier alpha value is -1.40. The molecule has 15 heavy (non-hydrogen) atoms. The van der Waals surface area contributed by atoms with Crippen LogP contribution in [0.1, 0.15) is 10.5 Å². The molecule has 3 N–H and O–H groups in total. The van der Waals surface area contributed by atoms with Gasteiger partial charge in [-0.3, -0.25) is 9.48 Å². The van der Waals surface area contributed by atoms with Gasteiger partial charge in [0.1, 0.15) is 5.69 Å². The molecule has 1 rings (SSSR count). The molecule has 0 spiro atoms. The van der Waals surface area contributed by atoms with Crippen LogP contribution in [-0.2, 0) is 11.8 Å². The van der Waals surface area contributed by atoms with Crippen molar-refractivity contribution in [2.24, 2.45) is 12.8 Å². The van der Waals surface area contributed by atoms with E-state index in [1.54, 1.807) is 31.1 Å². The SMILES string of the molecule is COCC(CN)NC(=O)c1ccn(C)n1. The molecule has 0 saturated carbocycles. The Labute approximate surface area is 88.4 Å². The van der Waals surface area contributed by atoms with Crippen molar-refractivity contribution in [2.45, 2.75) is 6.04 Å². The summed E-state index contributed by atoms with van der Waals surface area (Å²) in [6, 6.07) is 1.47. The molecule has 0 aliphatic rings. The van der Waals surface area contributed by atoms with Gasteiger partial charge in [0.2, 0.25) is 0 Å². The molecule has 1 aromatic heterocycles. The molecular weight excluding hydrogens is 196 g/mol. The first kappa shape index (κ1) is 11.7. The third-order valence-electron chi connectivity index (χ3n) is 1.93. The number of nitrogens with one attached hydrogen (secondary N) is 1. The largest absolute Gasteiger partial charge is 0.383 e. The molecular formula is C9H16N4O2. The predicted molar refractivity (Wildman–Crippen MR) is 55.4 cm³/mol. The predicted octanol–water partition coefficient (Wildman–Crippen LogP) is -0.876. The van der Waals surface area contributed by atoms with E-state index >= 15 is 0 Å². The molecule has 1 aromatic rings. The summed E-state index contributed by atoms with van der Waals surface area (Å²) in [7, 11) is 3.32.